The van der Waals surface area contributed by atoms with Crippen LogP contribution in [0.3, 0.4) is 0 Å². The molecule has 2 aliphatic rings. The minimum atomic E-state index is -0.785. The number of methoxy groups -OCH3 is 1. The second kappa shape index (κ2) is 8.45. The van der Waals surface area contributed by atoms with E-state index in [-0.39, 0.29) is 11.8 Å². The molecule has 0 radical (unpaired) electrons. The first kappa shape index (κ1) is 20.2. The van der Waals surface area contributed by atoms with Gasteiger partial charge in [-0.1, -0.05) is 48.9 Å². The Labute approximate surface area is 184 Å². The Morgan fingerprint density at radius 1 is 0.968 bits per heavy atom. The van der Waals surface area contributed by atoms with Gasteiger partial charge in [-0.2, -0.15) is 0 Å². The summed E-state index contributed by atoms with van der Waals surface area (Å²) in [6.07, 6.45) is 5.14. The fourth-order valence-corrected chi connectivity index (χ4v) is 5.55. The molecular formula is C27H30N2O2. The quantitative estimate of drug-likeness (QED) is 0.647. The van der Waals surface area contributed by atoms with E-state index in [0.717, 1.165) is 43.9 Å². The Balaban J connectivity index is 1.31. The van der Waals surface area contributed by atoms with Crippen LogP contribution in [0.25, 0.3) is 11.1 Å². The summed E-state index contributed by atoms with van der Waals surface area (Å²) in [5.74, 6) is 1.36. The zero-order valence-corrected chi connectivity index (χ0v) is 18.1. The highest BCUT2D eigenvalue weighted by atomic mass is 16.5. The number of likely N-dealkylation sites (tertiary alicyclic amines) is 1. The third-order valence-electron chi connectivity index (χ3n) is 7.15. The maximum Gasteiger partial charge on any atom is 0.119 e. The van der Waals surface area contributed by atoms with E-state index in [1.165, 1.54) is 23.1 Å². The number of benzene rings is 2. The molecule has 1 N–H and O–H groups in total. The van der Waals surface area contributed by atoms with Crippen LogP contribution in [0.2, 0.25) is 0 Å². The Kier molecular flexibility index (Phi) is 5.51. The monoisotopic (exact) mass is 414 g/mol. The van der Waals surface area contributed by atoms with E-state index in [1.54, 1.807) is 13.3 Å². The normalized spacial score (nSPS) is 25.9. The molecule has 2 atom stereocenters. The SMILES string of the molecule is COc1cccc(-c2ccc(CN3C[C@@H]4CCC[C@@H](C3)C4(O)c3ccccn3)cc2)c1. The van der Waals surface area contributed by atoms with E-state index < -0.39 is 5.60 Å². The Morgan fingerprint density at radius 3 is 2.42 bits per heavy atom. The number of hydrogen-bond acceptors (Lipinski definition) is 4. The van der Waals surface area contributed by atoms with Crippen molar-refractivity contribution in [2.45, 2.75) is 31.4 Å². The van der Waals surface area contributed by atoms with Gasteiger partial charge in [0.25, 0.3) is 0 Å². The van der Waals surface area contributed by atoms with Crippen LogP contribution in [-0.2, 0) is 12.1 Å². The minimum Gasteiger partial charge on any atom is -0.497 e. The van der Waals surface area contributed by atoms with Gasteiger partial charge in [0.15, 0.2) is 0 Å². The summed E-state index contributed by atoms with van der Waals surface area (Å²) in [4.78, 5) is 7.06. The van der Waals surface area contributed by atoms with Gasteiger partial charge in [-0.3, -0.25) is 9.88 Å². The summed E-state index contributed by atoms with van der Waals surface area (Å²) in [6.45, 7) is 2.76. The number of nitrogens with zero attached hydrogens (tertiary/aromatic N) is 2. The maximum atomic E-state index is 11.7. The molecule has 1 aromatic heterocycles. The second-order valence-electron chi connectivity index (χ2n) is 8.99. The van der Waals surface area contributed by atoms with Crippen LogP contribution >= 0.6 is 0 Å². The molecule has 0 unspecified atom stereocenters. The number of ether oxygens (including phenoxy) is 1. The average Bonchev–Trinajstić information content (AvgIpc) is 2.81. The average molecular weight is 415 g/mol. The lowest BCUT2D eigenvalue weighted by molar-refractivity contribution is -0.151. The van der Waals surface area contributed by atoms with Crippen LogP contribution in [0.4, 0.5) is 0 Å². The number of piperidine rings is 1. The van der Waals surface area contributed by atoms with Gasteiger partial charge in [-0.25, -0.2) is 0 Å². The third-order valence-corrected chi connectivity index (χ3v) is 7.15. The van der Waals surface area contributed by atoms with Crippen molar-refractivity contribution in [2.24, 2.45) is 11.8 Å². The van der Waals surface area contributed by atoms with Crippen LogP contribution in [0.1, 0.15) is 30.5 Å². The largest absolute Gasteiger partial charge is 0.497 e. The number of rotatable bonds is 5. The molecule has 1 saturated carbocycles. The lowest BCUT2D eigenvalue weighted by Crippen LogP contribution is -2.58. The fourth-order valence-electron chi connectivity index (χ4n) is 5.55. The predicted octanol–water partition coefficient (Wildman–Crippen LogP) is 4.88. The van der Waals surface area contributed by atoms with Crippen LogP contribution in [0.5, 0.6) is 5.75 Å². The van der Waals surface area contributed by atoms with Crippen LogP contribution in [-0.4, -0.2) is 35.2 Å². The summed E-state index contributed by atoms with van der Waals surface area (Å²) < 4.78 is 5.35. The molecule has 2 aromatic carbocycles. The van der Waals surface area contributed by atoms with Crippen molar-refractivity contribution in [1.29, 1.82) is 0 Å². The van der Waals surface area contributed by atoms with Gasteiger partial charge < -0.3 is 9.84 Å². The van der Waals surface area contributed by atoms with E-state index in [0.29, 0.717) is 0 Å². The molecule has 0 amide bonds. The molecule has 1 aliphatic heterocycles. The van der Waals surface area contributed by atoms with E-state index in [4.69, 9.17) is 4.74 Å². The molecule has 4 nitrogen and oxygen atoms in total. The standard InChI is InChI=1S/C27H30N2O2/c1-31-25-9-4-6-22(16-25)21-13-11-20(12-14-21)17-29-18-23-7-5-8-24(19-29)27(23,30)26-10-2-3-15-28-26/h2-4,6,9-16,23-24,30H,5,7-8,17-19H2,1H3/t23-,24-/m0/s1. The van der Waals surface area contributed by atoms with E-state index in [2.05, 4.69) is 46.3 Å². The van der Waals surface area contributed by atoms with Crippen molar-refractivity contribution in [3.8, 4) is 16.9 Å². The topological polar surface area (TPSA) is 45.6 Å². The second-order valence-corrected chi connectivity index (χ2v) is 8.99. The van der Waals surface area contributed by atoms with Gasteiger partial charge in [0.1, 0.15) is 11.4 Å². The summed E-state index contributed by atoms with van der Waals surface area (Å²) in [5.41, 5.74) is 3.74. The first-order chi connectivity index (χ1) is 15.2. The lowest BCUT2D eigenvalue weighted by Gasteiger charge is -2.52. The Morgan fingerprint density at radius 2 is 1.74 bits per heavy atom. The molecule has 31 heavy (non-hydrogen) atoms. The minimum absolute atomic E-state index is 0.242. The van der Waals surface area contributed by atoms with Crippen molar-refractivity contribution < 1.29 is 9.84 Å². The summed E-state index contributed by atoms with van der Waals surface area (Å²) in [6, 6.07) is 22.9. The van der Waals surface area contributed by atoms with Crippen molar-refractivity contribution in [3.63, 3.8) is 0 Å². The molecule has 3 aromatic rings. The number of aliphatic hydroxyl groups is 1. The van der Waals surface area contributed by atoms with Gasteiger partial charge in [0, 0.05) is 37.7 Å². The van der Waals surface area contributed by atoms with Crippen molar-refractivity contribution in [2.75, 3.05) is 20.2 Å². The van der Waals surface area contributed by atoms with E-state index >= 15 is 0 Å². The number of fused-ring (bicyclic) bond motifs is 2. The maximum absolute atomic E-state index is 11.7. The molecule has 0 spiro atoms. The lowest BCUT2D eigenvalue weighted by atomic mass is 9.64. The number of aromatic nitrogens is 1. The summed E-state index contributed by atoms with van der Waals surface area (Å²) in [7, 11) is 1.70. The highest BCUT2D eigenvalue weighted by molar-refractivity contribution is 5.65. The molecule has 1 aliphatic carbocycles. The first-order valence-electron chi connectivity index (χ1n) is 11.3. The van der Waals surface area contributed by atoms with Crippen molar-refractivity contribution in [1.82, 2.24) is 9.88 Å². The number of pyridine rings is 1. The third kappa shape index (κ3) is 3.86. The smallest absolute Gasteiger partial charge is 0.119 e. The van der Waals surface area contributed by atoms with Crippen LogP contribution in [0, 0.1) is 11.8 Å². The molecule has 5 rings (SSSR count). The van der Waals surface area contributed by atoms with Gasteiger partial charge >= 0.3 is 0 Å². The molecule has 2 heterocycles. The first-order valence-corrected chi connectivity index (χ1v) is 11.3. The van der Waals surface area contributed by atoms with Crippen molar-refractivity contribution >= 4 is 0 Å². The Bertz CT molecular complexity index is 1000. The molecule has 4 heteroatoms. The van der Waals surface area contributed by atoms with Crippen molar-refractivity contribution in [3.05, 3.63) is 84.2 Å². The van der Waals surface area contributed by atoms with Gasteiger partial charge in [0.2, 0.25) is 0 Å². The fraction of sp³-hybridized carbons (Fsp3) is 0.370. The van der Waals surface area contributed by atoms with E-state index in [1.807, 2.05) is 30.3 Å². The van der Waals surface area contributed by atoms with Crippen LogP contribution in [0.15, 0.2) is 72.9 Å². The molecule has 160 valence electrons. The zero-order chi connectivity index (χ0) is 21.3. The van der Waals surface area contributed by atoms with Gasteiger partial charge in [-0.05, 0) is 53.8 Å². The summed E-state index contributed by atoms with van der Waals surface area (Å²) >= 11 is 0. The van der Waals surface area contributed by atoms with E-state index in [9.17, 15) is 5.11 Å². The van der Waals surface area contributed by atoms with Gasteiger partial charge in [-0.15, -0.1) is 0 Å². The molecule has 2 bridgehead atoms. The Hall–Kier alpha value is -2.69. The van der Waals surface area contributed by atoms with Gasteiger partial charge in [0.05, 0.1) is 12.8 Å². The summed E-state index contributed by atoms with van der Waals surface area (Å²) in [5, 5.41) is 11.7. The van der Waals surface area contributed by atoms with Crippen LogP contribution < -0.4 is 4.74 Å². The zero-order valence-electron chi connectivity index (χ0n) is 18.1. The number of hydrogen-bond donors (Lipinski definition) is 1. The highest BCUT2D eigenvalue weighted by Gasteiger charge is 2.52. The molecular weight excluding hydrogens is 384 g/mol. The predicted molar refractivity (Wildman–Crippen MR) is 123 cm³/mol. The highest BCUT2D eigenvalue weighted by Crippen LogP contribution is 2.48. The molecule has 2 fully saturated rings. The molecule has 1 saturated heterocycles.